The number of rotatable bonds is 4. The van der Waals surface area contributed by atoms with Gasteiger partial charge in [-0.3, -0.25) is 0 Å². The number of hydrogen-bond acceptors (Lipinski definition) is 5. The first-order chi connectivity index (χ1) is 9.72. The molecular weight excluding hydrogens is 254 g/mol. The quantitative estimate of drug-likeness (QED) is 0.780. The van der Waals surface area contributed by atoms with Crippen LogP contribution in [0.4, 0.5) is 5.69 Å². The highest BCUT2D eigenvalue weighted by atomic mass is 16.5. The molecule has 0 fully saturated rings. The number of furan rings is 1. The second kappa shape index (κ2) is 5.21. The Bertz CT molecular complexity index is 671. The van der Waals surface area contributed by atoms with E-state index in [9.17, 15) is 0 Å². The lowest BCUT2D eigenvalue weighted by atomic mass is 10.2. The van der Waals surface area contributed by atoms with Crippen LogP contribution in [0.3, 0.4) is 0 Å². The Morgan fingerprint density at radius 1 is 1.15 bits per heavy atom. The molecule has 5 heteroatoms. The largest absolute Gasteiger partial charge is 0.461 e. The van der Waals surface area contributed by atoms with Crippen LogP contribution >= 0.6 is 0 Å². The van der Waals surface area contributed by atoms with Gasteiger partial charge in [0.2, 0.25) is 11.7 Å². The molecule has 0 saturated heterocycles. The summed E-state index contributed by atoms with van der Waals surface area (Å²) in [5.74, 6) is 1.59. The van der Waals surface area contributed by atoms with Gasteiger partial charge >= 0.3 is 0 Å². The van der Waals surface area contributed by atoms with Crippen molar-refractivity contribution in [2.45, 2.75) is 19.9 Å². The maximum atomic E-state index is 5.26. The zero-order valence-corrected chi connectivity index (χ0v) is 11.3. The maximum Gasteiger partial charge on any atom is 0.249 e. The van der Waals surface area contributed by atoms with Gasteiger partial charge in [-0.1, -0.05) is 22.9 Å². The predicted molar refractivity (Wildman–Crippen MR) is 75.2 cm³/mol. The molecule has 0 amide bonds. The summed E-state index contributed by atoms with van der Waals surface area (Å²) >= 11 is 0. The molecule has 0 unspecified atom stereocenters. The lowest BCUT2D eigenvalue weighted by Gasteiger charge is -2.10. The van der Waals surface area contributed by atoms with Crippen LogP contribution in [0, 0.1) is 6.92 Å². The molecule has 3 rings (SSSR count). The van der Waals surface area contributed by atoms with E-state index in [-0.39, 0.29) is 6.04 Å². The van der Waals surface area contributed by atoms with E-state index in [4.69, 9.17) is 8.94 Å². The summed E-state index contributed by atoms with van der Waals surface area (Å²) < 4.78 is 10.5. The Morgan fingerprint density at radius 2 is 1.95 bits per heavy atom. The van der Waals surface area contributed by atoms with Crippen LogP contribution in [0.5, 0.6) is 0 Å². The Kier molecular flexibility index (Phi) is 3.25. The monoisotopic (exact) mass is 269 g/mol. The Morgan fingerprint density at radius 3 is 2.65 bits per heavy atom. The Labute approximate surface area is 116 Å². The zero-order chi connectivity index (χ0) is 13.9. The topological polar surface area (TPSA) is 64.1 Å². The van der Waals surface area contributed by atoms with Gasteiger partial charge in [-0.15, -0.1) is 0 Å². The van der Waals surface area contributed by atoms with Crippen molar-refractivity contribution in [1.29, 1.82) is 0 Å². The molecular formula is C15H15N3O2. The molecule has 0 aliphatic carbocycles. The number of nitrogens with zero attached hydrogens (tertiary/aromatic N) is 2. The van der Waals surface area contributed by atoms with Gasteiger partial charge in [0, 0.05) is 5.69 Å². The van der Waals surface area contributed by atoms with Crippen molar-refractivity contribution in [3.63, 3.8) is 0 Å². The Hall–Kier alpha value is -2.56. The molecule has 0 aliphatic rings. The Balaban J connectivity index is 1.74. The van der Waals surface area contributed by atoms with Gasteiger partial charge in [0.1, 0.15) is 6.04 Å². The average molecular weight is 269 g/mol. The molecule has 20 heavy (non-hydrogen) atoms. The molecule has 0 spiro atoms. The van der Waals surface area contributed by atoms with Gasteiger partial charge in [-0.05, 0) is 38.1 Å². The van der Waals surface area contributed by atoms with Gasteiger partial charge in [0.25, 0.3) is 0 Å². The lowest BCUT2D eigenvalue weighted by molar-refractivity contribution is 0.367. The summed E-state index contributed by atoms with van der Waals surface area (Å²) in [6.07, 6.45) is 1.58. The van der Waals surface area contributed by atoms with E-state index < -0.39 is 0 Å². The van der Waals surface area contributed by atoms with Crippen LogP contribution in [-0.4, -0.2) is 10.1 Å². The highest BCUT2D eigenvalue weighted by molar-refractivity contribution is 5.47. The van der Waals surface area contributed by atoms with Gasteiger partial charge in [0.15, 0.2) is 5.76 Å². The van der Waals surface area contributed by atoms with E-state index in [1.807, 2.05) is 19.1 Å². The van der Waals surface area contributed by atoms with Gasteiger partial charge in [-0.25, -0.2) is 0 Å². The van der Waals surface area contributed by atoms with Crippen molar-refractivity contribution in [1.82, 2.24) is 10.1 Å². The third-order valence-corrected chi connectivity index (χ3v) is 2.99. The lowest BCUT2D eigenvalue weighted by Crippen LogP contribution is -2.06. The molecule has 0 aliphatic heterocycles. The summed E-state index contributed by atoms with van der Waals surface area (Å²) in [6, 6.07) is 11.7. The molecule has 1 atom stereocenters. The summed E-state index contributed by atoms with van der Waals surface area (Å²) in [5.41, 5.74) is 2.24. The van der Waals surface area contributed by atoms with E-state index in [1.54, 1.807) is 18.4 Å². The van der Waals surface area contributed by atoms with E-state index >= 15 is 0 Å². The van der Waals surface area contributed by atoms with Crippen molar-refractivity contribution in [3.8, 4) is 11.6 Å². The summed E-state index contributed by atoms with van der Waals surface area (Å²) in [7, 11) is 0. The van der Waals surface area contributed by atoms with Crippen molar-refractivity contribution >= 4 is 5.69 Å². The molecule has 2 heterocycles. The molecule has 102 valence electrons. The first-order valence-corrected chi connectivity index (χ1v) is 6.43. The minimum atomic E-state index is -0.0751. The summed E-state index contributed by atoms with van der Waals surface area (Å²) in [4.78, 5) is 4.33. The fourth-order valence-corrected chi connectivity index (χ4v) is 1.88. The minimum Gasteiger partial charge on any atom is -0.461 e. The molecule has 3 aromatic rings. The van der Waals surface area contributed by atoms with Crippen LogP contribution in [0.1, 0.15) is 24.4 Å². The van der Waals surface area contributed by atoms with Crippen LogP contribution in [0.25, 0.3) is 11.6 Å². The predicted octanol–water partition coefficient (Wildman–Crippen LogP) is 3.81. The van der Waals surface area contributed by atoms with E-state index in [0.717, 1.165) is 5.69 Å². The van der Waals surface area contributed by atoms with Crippen LogP contribution in [0.15, 0.2) is 51.6 Å². The van der Waals surface area contributed by atoms with Crippen molar-refractivity contribution in [3.05, 3.63) is 54.1 Å². The smallest absolute Gasteiger partial charge is 0.249 e. The second-order valence-electron chi connectivity index (χ2n) is 4.67. The van der Waals surface area contributed by atoms with Crippen molar-refractivity contribution < 1.29 is 8.94 Å². The number of aryl methyl sites for hydroxylation is 1. The number of hydrogen-bond donors (Lipinski definition) is 1. The van der Waals surface area contributed by atoms with E-state index in [0.29, 0.717) is 17.5 Å². The molecule has 2 aromatic heterocycles. The second-order valence-corrected chi connectivity index (χ2v) is 4.67. The average Bonchev–Trinajstić information content (AvgIpc) is 3.11. The standard InChI is InChI=1S/C15H15N3O2/c1-10-5-7-12(8-6-10)16-11(2)15-17-14(18-20-15)13-4-3-9-19-13/h3-9,11,16H,1-2H3/t11-/m0/s1. The third kappa shape index (κ3) is 2.56. The molecule has 5 nitrogen and oxygen atoms in total. The summed E-state index contributed by atoms with van der Waals surface area (Å²) in [6.45, 7) is 4.03. The molecule has 0 radical (unpaired) electrons. The van der Waals surface area contributed by atoms with Crippen LogP contribution in [-0.2, 0) is 0 Å². The first kappa shape index (κ1) is 12.5. The number of aromatic nitrogens is 2. The highest BCUT2D eigenvalue weighted by Gasteiger charge is 2.16. The van der Waals surface area contributed by atoms with Crippen molar-refractivity contribution in [2.24, 2.45) is 0 Å². The normalized spacial score (nSPS) is 12.3. The van der Waals surface area contributed by atoms with Gasteiger partial charge in [-0.2, -0.15) is 4.98 Å². The molecule has 0 bridgehead atoms. The van der Waals surface area contributed by atoms with E-state index in [2.05, 4.69) is 34.5 Å². The number of benzene rings is 1. The first-order valence-electron chi connectivity index (χ1n) is 6.43. The van der Waals surface area contributed by atoms with Crippen molar-refractivity contribution in [2.75, 3.05) is 5.32 Å². The molecule has 1 aromatic carbocycles. The van der Waals surface area contributed by atoms with E-state index in [1.165, 1.54) is 5.56 Å². The maximum absolute atomic E-state index is 5.26. The zero-order valence-electron chi connectivity index (χ0n) is 11.3. The molecule has 0 saturated carbocycles. The number of nitrogens with one attached hydrogen (secondary N) is 1. The van der Waals surface area contributed by atoms with Gasteiger partial charge in [0.05, 0.1) is 6.26 Å². The third-order valence-electron chi connectivity index (χ3n) is 2.99. The SMILES string of the molecule is Cc1ccc(N[C@@H](C)c2nc(-c3ccco3)no2)cc1. The minimum absolute atomic E-state index is 0.0751. The van der Waals surface area contributed by atoms with Gasteiger partial charge < -0.3 is 14.3 Å². The highest BCUT2D eigenvalue weighted by Crippen LogP contribution is 2.21. The van der Waals surface area contributed by atoms with Crippen LogP contribution < -0.4 is 5.32 Å². The fourth-order valence-electron chi connectivity index (χ4n) is 1.88. The molecule has 1 N–H and O–H groups in total. The fraction of sp³-hybridized carbons (Fsp3) is 0.200. The summed E-state index contributed by atoms with van der Waals surface area (Å²) in [5, 5.41) is 7.23. The number of anilines is 1. The van der Waals surface area contributed by atoms with Crippen LogP contribution in [0.2, 0.25) is 0 Å².